The molecule has 1 N–H and O–H groups in total. The summed E-state index contributed by atoms with van der Waals surface area (Å²) < 4.78 is 0. The largest absolute Gasteiger partial charge is 0.370 e. The fraction of sp³-hybridized carbons (Fsp3) is 0.368. The van der Waals surface area contributed by atoms with E-state index in [1.54, 1.807) is 0 Å². The predicted molar refractivity (Wildman–Crippen MR) is 91.8 cm³/mol. The minimum atomic E-state index is 0.408. The Morgan fingerprint density at radius 3 is 2.33 bits per heavy atom. The van der Waals surface area contributed by atoms with E-state index in [0.717, 1.165) is 13.1 Å². The van der Waals surface area contributed by atoms with E-state index < -0.39 is 0 Å². The van der Waals surface area contributed by atoms with Crippen molar-refractivity contribution in [3.8, 4) is 0 Å². The molecule has 0 aliphatic rings. The highest BCUT2D eigenvalue weighted by Gasteiger charge is 2.06. The molecule has 0 saturated carbocycles. The van der Waals surface area contributed by atoms with E-state index in [2.05, 4.69) is 86.6 Å². The fourth-order valence-corrected chi connectivity index (χ4v) is 2.58. The second-order valence-electron chi connectivity index (χ2n) is 5.65. The van der Waals surface area contributed by atoms with Crippen LogP contribution in [0.4, 0.5) is 5.69 Å². The summed E-state index contributed by atoms with van der Waals surface area (Å²) in [6.45, 7) is 8.45. The highest BCUT2D eigenvalue weighted by Crippen LogP contribution is 2.20. The zero-order valence-electron chi connectivity index (χ0n) is 13.6. The van der Waals surface area contributed by atoms with Gasteiger partial charge in [0.05, 0.1) is 0 Å². The monoisotopic (exact) mass is 282 g/mol. The second kappa shape index (κ2) is 7.28. The molecule has 1 unspecified atom stereocenters. The summed E-state index contributed by atoms with van der Waals surface area (Å²) in [6.07, 6.45) is 0. The SMILES string of the molecule is CCNC(C)c1ccc(N(C)Cc2ccccc2C)cc1. The van der Waals surface area contributed by atoms with Crippen LogP contribution in [0, 0.1) is 6.92 Å². The van der Waals surface area contributed by atoms with Crippen molar-refractivity contribution in [2.24, 2.45) is 0 Å². The zero-order chi connectivity index (χ0) is 15.2. The topological polar surface area (TPSA) is 15.3 Å². The van der Waals surface area contributed by atoms with E-state index in [1.807, 2.05) is 0 Å². The molecule has 112 valence electrons. The molecular formula is C19H26N2. The number of benzene rings is 2. The summed E-state index contributed by atoms with van der Waals surface area (Å²) in [5, 5.41) is 3.44. The molecular weight excluding hydrogens is 256 g/mol. The number of hydrogen-bond acceptors (Lipinski definition) is 2. The number of nitrogens with one attached hydrogen (secondary N) is 1. The summed E-state index contributed by atoms with van der Waals surface area (Å²) >= 11 is 0. The van der Waals surface area contributed by atoms with Gasteiger partial charge in [-0.25, -0.2) is 0 Å². The summed E-state index contributed by atoms with van der Waals surface area (Å²) in [5.74, 6) is 0. The van der Waals surface area contributed by atoms with Crippen LogP contribution in [-0.4, -0.2) is 13.6 Å². The van der Waals surface area contributed by atoms with Gasteiger partial charge in [0.15, 0.2) is 0 Å². The van der Waals surface area contributed by atoms with Gasteiger partial charge in [0.25, 0.3) is 0 Å². The average Bonchev–Trinajstić information content (AvgIpc) is 2.50. The number of nitrogens with zero attached hydrogens (tertiary/aromatic N) is 1. The van der Waals surface area contributed by atoms with E-state index in [0.29, 0.717) is 6.04 Å². The highest BCUT2D eigenvalue weighted by molar-refractivity contribution is 5.48. The van der Waals surface area contributed by atoms with Gasteiger partial charge in [0.1, 0.15) is 0 Å². The molecule has 1 atom stereocenters. The van der Waals surface area contributed by atoms with Crippen LogP contribution in [0.2, 0.25) is 0 Å². The van der Waals surface area contributed by atoms with Crippen molar-refractivity contribution in [2.75, 3.05) is 18.5 Å². The van der Waals surface area contributed by atoms with E-state index in [4.69, 9.17) is 0 Å². The van der Waals surface area contributed by atoms with Crippen molar-refractivity contribution < 1.29 is 0 Å². The minimum absolute atomic E-state index is 0.408. The van der Waals surface area contributed by atoms with Gasteiger partial charge in [-0.15, -0.1) is 0 Å². The van der Waals surface area contributed by atoms with Gasteiger partial charge in [0, 0.05) is 25.3 Å². The standard InChI is InChI=1S/C19H26N2/c1-5-20-16(3)17-10-12-19(13-11-17)21(4)14-18-9-7-6-8-15(18)2/h6-13,16,20H,5,14H2,1-4H3. The molecule has 0 aliphatic heterocycles. The van der Waals surface area contributed by atoms with Crippen LogP contribution in [0.25, 0.3) is 0 Å². The van der Waals surface area contributed by atoms with Gasteiger partial charge in [-0.3, -0.25) is 0 Å². The molecule has 0 aliphatic carbocycles. The van der Waals surface area contributed by atoms with Crippen molar-refractivity contribution in [1.29, 1.82) is 0 Å². The van der Waals surface area contributed by atoms with E-state index in [-0.39, 0.29) is 0 Å². The van der Waals surface area contributed by atoms with Crippen LogP contribution in [0.5, 0.6) is 0 Å². The van der Waals surface area contributed by atoms with E-state index in [1.165, 1.54) is 22.4 Å². The van der Waals surface area contributed by atoms with E-state index >= 15 is 0 Å². The normalized spacial score (nSPS) is 12.2. The van der Waals surface area contributed by atoms with Crippen LogP contribution in [0.3, 0.4) is 0 Å². The lowest BCUT2D eigenvalue weighted by atomic mass is 10.1. The Morgan fingerprint density at radius 1 is 1.05 bits per heavy atom. The van der Waals surface area contributed by atoms with Crippen LogP contribution in [0.15, 0.2) is 48.5 Å². The highest BCUT2D eigenvalue weighted by atomic mass is 15.1. The summed E-state index contributed by atoms with van der Waals surface area (Å²) in [6, 6.07) is 17.8. The second-order valence-corrected chi connectivity index (χ2v) is 5.65. The summed E-state index contributed by atoms with van der Waals surface area (Å²) in [7, 11) is 2.15. The predicted octanol–water partition coefficient (Wildman–Crippen LogP) is 4.30. The number of hydrogen-bond donors (Lipinski definition) is 1. The Kier molecular flexibility index (Phi) is 5.40. The van der Waals surface area contributed by atoms with Gasteiger partial charge in [-0.1, -0.05) is 43.3 Å². The average molecular weight is 282 g/mol. The van der Waals surface area contributed by atoms with Gasteiger partial charge in [-0.2, -0.15) is 0 Å². The van der Waals surface area contributed by atoms with Crippen LogP contribution in [-0.2, 0) is 6.54 Å². The lowest BCUT2D eigenvalue weighted by molar-refractivity contribution is 0.598. The lowest BCUT2D eigenvalue weighted by Crippen LogP contribution is -2.19. The number of aryl methyl sites for hydroxylation is 1. The van der Waals surface area contributed by atoms with Crippen LogP contribution >= 0.6 is 0 Å². The van der Waals surface area contributed by atoms with Crippen molar-refractivity contribution in [3.63, 3.8) is 0 Å². The van der Waals surface area contributed by atoms with Crippen LogP contribution in [0.1, 0.15) is 36.6 Å². The molecule has 21 heavy (non-hydrogen) atoms. The molecule has 0 radical (unpaired) electrons. The summed E-state index contributed by atoms with van der Waals surface area (Å²) in [5.41, 5.74) is 5.32. The quantitative estimate of drug-likeness (QED) is 0.849. The third-order valence-electron chi connectivity index (χ3n) is 4.01. The Hall–Kier alpha value is -1.80. The van der Waals surface area contributed by atoms with E-state index in [9.17, 15) is 0 Å². The maximum absolute atomic E-state index is 3.44. The van der Waals surface area contributed by atoms with Crippen molar-refractivity contribution >= 4 is 5.69 Å². The molecule has 2 nitrogen and oxygen atoms in total. The first kappa shape index (κ1) is 15.6. The number of rotatable bonds is 6. The molecule has 2 heteroatoms. The third-order valence-corrected chi connectivity index (χ3v) is 4.01. The zero-order valence-corrected chi connectivity index (χ0v) is 13.6. The molecule has 0 heterocycles. The molecule has 2 rings (SSSR count). The summed E-state index contributed by atoms with van der Waals surface area (Å²) in [4.78, 5) is 2.30. The smallest absolute Gasteiger partial charge is 0.0428 e. The Morgan fingerprint density at radius 2 is 1.71 bits per heavy atom. The van der Waals surface area contributed by atoms with Gasteiger partial charge < -0.3 is 10.2 Å². The first-order chi connectivity index (χ1) is 10.1. The van der Waals surface area contributed by atoms with Gasteiger partial charge >= 0.3 is 0 Å². The van der Waals surface area contributed by atoms with Crippen molar-refractivity contribution in [2.45, 2.75) is 33.4 Å². The first-order valence-corrected chi connectivity index (χ1v) is 7.70. The minimum Gasteiger partial charge on any atom is -0.370 e. The molecule has 0 fully saturated rings. The molecule has 0 bridgehead atoms. The van der Waals surface area contributed by atoms with Crippen molar-refractivity contribution in [3.05, 3.63) is 65.2 Å². The molecule has 0 aromatic heterocycles. The first-order valence-electron chi connectivity index (χ1n) is 7.70. The Balaban J connectivity index is 2.06. The molecule has 2 aromatic rings. The maximum Gasteiger partial charge on any atom is 0.0428 e. The fourth-order valence-electron chi connectivity index (χ4n) is 2.58. The number of anilines is 1. The lowest BCUT2D eigenvalue weighted by Gasteiger charge is -2.21. The molecule has 2 aromatic carbocycles. The maximum atomic E-state index is 3.44. The molecule has 0 saturated heterocycles. The molecule has 0 spiro atoms. The van der Waals surface area contributed by atoms with Crippen molar-refractivity contribution in [1.82, 2.24) is 5.32 Å². The van der Waals surface area contributed by atoms with Crippen LogP contribution < -0.4 is 10.2 Å². The molecule has 0 amide bonds. The van der Waals surface area contributed by atoms with Gasteiger partial charge in [0.2, 0.25) is 0 Å². The third kappa shape index (κ3) is 4.08. The Bertz CT molecular complexity index is 560. The van der Waals surface area contributed by atoms with Gasteiger partial charge in [-0.05, 0) is 49.2 Å². The Labute approximate surface area is 128 Å².